The maximum atomic E-state index is 11.4. The third kappa shape index (κ3) is 1.23. The van der Waals surface area contributed by atoms with Gasteiger partial charge in [-0.15, -0.1) is 0 Å². The molecule has 0 atom stereocenters. The van der Waals surface area contributed by atoms with Crippen molar-refractivity contribution in [2.24, 2.45) is 0 Å². The van der Waals surface area contributed by atoms with E-state index < -0.39 is 0 Å². The molecule has 4 nitrogen and oxygen atoms in total. The summed E-state index contributed by atoms with van der Waals surface area (Å²) in [6, 6.07) is 1.51. The van der Waals surface area contributed by atoms with Crippen LogP contribution in [0.2, 0.25) is 0 Å². The van der Waals surface area contributed by atoms with Gasteiger partial charge in [-0.2, -0.15) is 5.10 Å². The largest absolute Gasteiger partial charge is 0.346 e. The van der Waals surface area contributed by atoms with Gasteiger partial charge < -0.3 is 4.98 Å². The molecule has 0 radical (unpaired) electrons. The highest BCUT2D eigenvalue weighted by atomic mass is 16.1. The summed E-state index contributed by atoms with van der Waals surface area (Å²) in [4.78, 5) is 14.5. The van der Waals surface area contributed by atoms with E-state index in [1.165, 1.54) is 6.07 Å². The van der Waals surface area contributed by atoms with Crippen LogP contribution in [0.15, 0.2) is 23.3 Å². The fourth-order valence-electron chi connectivity index (χ4n) is 1.46. The van der Waals surface area contributed by atoms with Crippen molar-refractivity contribution in [1.29, 1.82) is 0 Å². The van der Waals surface area contributed by atoms with Gasteiger partial charge in [0, 0.05) is 12.3 Å². The Morgan fingerprint density at radius 1 is 1.43 bits per heavy atom. The summed E-state index contributed by atoms with van der Waals surface area (Å²) in [6.45, 7) is 6.14. The maximum Gasteiger partial charge on any atom is 0.192 e. The molecule has 0 unspecified atom stereocenters. The maximum absolute atomic E-state index is 11.4. The van der Waals surface area contributed by atoms with Crippen LogP contribution >= 0.6 is 0 Å². The highest BCUT2D eigenvalue weighted by Gasteiger charge is 2.17. The second kappa shape index (κ2) is 2.70. The molecule has 0 spiro atoms. The summed E-state index contributed by atoms with van der Waals surface area (Å²) in [7, 11) is 0. The highest BCUT2D eigenvalue weighted by molar-refractivity contribution is 5.74. The van der Waals surface area contributed by atoms with Crippen LogP contribution in [0.1, 0.15) is 20.8 Å². The Bertz CT molecular complexity index is 516. The minimum absolute atomic E-state index is 0.00856. The Kier molecular flexibility index (Phi) is 1.74. The van der Waals surface area contributed by atoms with Gasteiger partial charge in [-0.05, 0) is 20.8 Å². The molecule has 0 aliphatic heterocycles. The number of fused-ring (bicyclic) bond motifs is 1. The van der Waals surface area contributed by atoms with Crippen molar-refractivity contribution >= 4 is 11.0 Å². The standard InChI is InChI=1S/C10H13N3O/c1-10(2,3)13-9-7(6-12-13)8(14)4-5-11-9/h4-6H,1-3H3,(H,11,14). The molecule has 0 fully saturated rings. The molecule has 0 amide bonds. The lowest BCUT2D eigenvalue weighted by Crippen LogP contribution is -2.23. The number of pyridine rings is 1. The summed E-state index contributed by atoms with van der Waals surface area (Å²) in [5, 5.41) is 4.85. The summed E-state index contributed by atoms with van der Waals surface area (Å²) < 4.78 is 1.82. The molecule has 2 rings (SSSR count). The number of aromatic nitrogens is 3. The van der Waals surface area contributed by atoms with Crippen molar-refractivity contribution in [2.45, 2.75) is 26.3 Å². The number of aromatic amines is 1. The zero-order valence-electron chi connectivity index (χ0n) is 8.53. The molecule has 2 aromatic heterocycles. The lowest BCUT2D eigenvalue weighted by Gasteiger charge is -2.19. The van der Waals surface area contributed by atoms with E-state index in [0.717, 1.165) is 5.65 Å². The van der Waals surface area contributed by atoms with E-state index in [1.807, 2.05) is 25.5 Å². The molecule has 74 valence electrons. The average Bonchev–Trinajstić information content (AvgIpc) is 2.47. The van der Waals surface area contributed by atoms with Gasteiger partial charge in [-0.1, -0.05) is 0 Å². The first-order valence-corrected chi connectivity index (χ1v) is 4.56. The number of nitrogens with zero attached hydrogens (tertiary/aromatic N) is 2. The molecule has 4 heteroatoms. The molecule has 0 aromatic carbocycles. The number of hydrogen-bond acceptors (Lipinski definition) is 2. The van der Waals surface area contributed by atoms with Crippen LogP contribution in [0.4, 0.5) is 0 Å². The zero-order chi connectivity index (χ0) is 10.3. The van der Waals surface area contributed by atoms with E-state index in [2.05, 4.69) is 10.1 Å². The average molecular weight is 191 g/mol. The van der Waals surface area contributed by atoms with E-state index in [4.69, 9.17) is 0 Å². The molecule has 2 aromatic rings. The lowest BCUT2D eigenvalue weighted by molar-refractivity contribution is 0.366. The Hall–Kier alpha value is -1.58. The first-order valence-electron chi connectivity index (χ1n) is 4.56. The second-order valence-corrected chi connectivity index (χ2v) is 4.33. The van der Waals surface area contributed by atoms with E-state index >= 15 is 0 Å². The van der Waals surface area contributed by atoms with E-state index in [-0.39, 0.29) is 11.0 Å². The van der Waals surface area contributed by atoms with Crippen molar-refractivity contribution in [3.8, 4) is 0 Å². The Morgan fingerprint density at radius 3 is 2.79 bits per heavy atom. The number of rotatable bonds is 0. The van der Waals surface area contributed by atoms with Crippen LogP contribution in [0.3, 0.4) is 0 Å². The minimum Gasteiger partial charge on any atom is -0.346 e. The van der Waals surface area contributed by atoms with Crippen LogP contribution in [0.5, 0.6) is 0 Å². The number of H-pyrrole nitrogens is 1. The van der Waals surface area contributed by atoms with Gasteiger partial charge in [0.15, 0.2) is 5.43 Å². The molecule has 1 N–H and O–H groups in total. The Labute approximate surface area is 81.6 Å². The van der Waals surface area contributed by atoms with Crippen molar-refractivity contribution in [3.05, 3.63) is 28.7 Å². The molecule has 2 heterocycles. The van der Waals surface area contributed by atoms with Crippen molar-refractivity contribution in [1.82, 2.24) is 14.8 Å². The third-order valence-corrected chi connectivity index (χ3v) is 2.12. The van der Waals surface area contributed by atoms with Gasteiger partial charge in [0.05, 0.1) is 17.1 Å². The zero-order valence-corrected chi connectivity index (χ0v) is 8.53. The minimum atomic E-state index is -0.119. The molecule has 0 saturated carbocycles. The van der Waals surface area contributed by atoms with Gasteiger partial charge in [0.25, 0.3) is 0 Å². The first kappa shape index (κ1) is 8.99. The van der Waals surface area contributed by atoms with Crippen molar-refractivity contribution in [2.75, 3.05) is 0 Å². The smallest absolute Gasteiger partial charge is 0.192 e. The molecule has 0 bridgehead atoms. The van der Waals surface area contributed by atoms with Crippen LogP contribution < -0.4 is 5.43 Å². The van der Waals surface area contributed by atoms with Gasteiger partial charge in [0.1, 0.15) is 5.65 Å². The molecule has 0 aliphatic rings. The normalized spacial score (nSPS) is 12.2. The summed E-state index contributed by atoms with van der Waals surface area (Å²) >= 11 is 0. The monoisotopic (exact) mass is 191 g/mol. The van der Waals surface area contributed by atoms with Gasteiger partial charge in [-0.3, -0.25) is 4.79 Å². The van der Waals surface area contributed by atoms with E-state index in [0.29, 0.717) is 5.39 Å². The molecule has 0 saturated heterocycles. The summed E-state index contributed by atoms with van der Waals surface area (Å²) in [5.41, 5.74) is 0.672. The number of hydrogen-bond donors (Lipinski definition) is 1. The van der Waals surface area contributed by atoms with Gasteiger partial charge in [-0.25, -0.2) is 4.68 Å². The fourth-order valence-corrected chi connectivity index (χ4v) is 1.46. The SMILES string of the molecule is CC(C)(C)n1ncc2c(=O)cc[nH]c21. The topological polar surface area (TPSA) is 50.7 Å². The van der Waals surface area contributed by atoms with Crippen molar-refractivity contribution < 1.29 is 0 Å². The lowest BCUT2D eigenvalue weighted by atomic mass is 10.1. The number of nitrogens with one attached hydrogen (secondary N) is 1. The molecule has 0 aliphatic carbocycles. The molecular weight excluding hydrogens is 178 g/mol. The first-order chi connectivity index (χ1) is 6.50. The summed E-state index contributed by atoms with van der Waals surface area (Å²) in [5.74, 6) is 0. The van der Waals surface area contributed by atoms with Crippen molar-refractivity contribution in [3.63, 3.8) is 0 Å². The molecule has 14 heavy (non-hydrogen) atoms. The van der Waals surface area contributed by atoms with E-state index in [1.54, 1.807) is 12.4 Å². The Morgan fingerprint density at radius 2 is 2.14 bits per heavy atom. The summed E-state index contributed by atoms with van der Waals surface area (Å²) in [6.07, 6.45) is 3.26. The van der Waals surface area contributed by atoms with Crippen LogP contribution in [-0.4, -0.2) is 14.8 Å². The predicted molar refractivity (Wildman–Crippen MR) is 55.3 cm³/mol. The fraction of sp³-hybridized carbons (Fsp3) is 0.400. The van der Waals surface area contributed by atoms with Gasteiger partial charge in [0.2, 0.25) is 0 Å². The Balaban J connectivity index is 2.83. The highest BCUT2D eigenvalue weighted by Crippen LogP contribution is 2.17. The van der Waals surface area contributed by atoms with Crippen LogP contribution in [0, 0.1) is 0 Å². The predicted octanol–water partition coefficient (Wildman–Crippen LogP) is 1.48. The van der Waals surface area contributed by atoms with E-state index in [9.17, 15) is 4.79 Å². The van der Waals surface area contributed by atoms with Crippen LogP contribution in [-0.2, 0) is 5.54 Å². The second-order valence-electron chi connectivity index (χ2n) is 4.33. The third-order valence-electron chi connectivity index (χ3n) is 2.12. The quantitative estimate of drug-likeness (QED) is 0.685. The van der Waals surface area contributed by atoms with Gasteiger partial charge >= 0.3 is 0 Å². The molecular formula is C10H13N3O. The van der Waals surface area contributed by atoms with Crippen LogP contribution in [0.25, 0.3) is 11.0 Å².